The molecule has 1 aliphatic heterocycles. The average molecular weight is 288 g/mol. The summed E-state index contributed by atoms with van der Waals surface area (Å²) in [5.41, 5.74) is -2.97. The minimum atomic E-state index is -1.77. The minimum Gasteiger partial charge on any atom is -0.393 e. The molecule has 1 fully saturated rings. The van der Waals surface area contributed by atoms with E-state index >= 15 is 0 Å². The number of nitrogens with one attached hydrogen (secondary N) is 1. The lowest BCUT2D eigenvalue weighted by atomic mass is 9.97. The molecule has 1 saturated heterocycles. The maximum atomic E-state index is 11.7. The smallest absolute Gasteiger partial charge is 0.330 e. The van der Waals surface area contributed by atoms with Gasteiger partial charge in [-0.3, -0.25) is 14.3 Å². The zero-order valence-corrected chi connectivity index (χ0v) is 10.7. The average Bonchev–Trinajstić information content (AvgIpc) is 2.68. The molecule has 0 aliphatic carbocycles. The van der Waals surface area contributed by atoms with Crippen molar-refractivity contribution in [2.75, 3.05) is 13.2 Å². The highest BCUT2D eigenvalue weighted by atomic mass is 16.6. The summed E-state index contributed by atoms with van der Waals surface area (Å²) in [6, 6.07) is 0. The van der Waals surface area contributed by atoms with Gasteiger partial charge in [0.25, 0.3) is 5.56 Å². The van der Waals surface area contributed by atoms with Crippen LogP contribution < -0.4 is 11.2 Å². The number of nitrogens with zero attached hydrogens (tertiary/aromatic N) is 1. The monoisotopic (exact) mass is 288 g/mol. The molecule has 0 bridgehead atoms. The van der Waals surface area contributed by atoms with Gasteiger partial charge in [0.15, 0.2) is 6.23 Å². The van der Waals surface area contributed by atoms with E-state index in [0.29, 0.717) is 0 Å². The number of aromatic amines is 1. The minimum absolute atomic E-state index is 0.209. The Morgan fingerprint density at radius 3 is 2.45 bits per heavy atom. The lowest BCUT2D eigenvalue weighted by molar-refractivity contribution is -0.150. The molecule has 9 nitrogen and oxygen atoms in total. The van der Waals surface area contributed by atoms with Gasteiger partial charge in [-0.15, -0.1) is 0 Å². The van der Waals surface area contributed by atoms with Gasteiger partial charge >= 0.3 is 5.69 Å². The molecule has 20 heavy (non-hydrogen) atoms. The van der Waals surface area contributed by atoms with Crippen molar-refractivity contribution in [1.82, 2.24) is 9.55 Å². The highest BCUT2D eigenvalue weighted by Crippen LogP contribution is 2.36. The van der Waals surface area contributed by atoms with Gasteiger partial charge < -0.3 is 25.2 Å². The molecule has 0 unspecified atom stereocenters. The van der Waals surface area contributed by atoms with Gasteiger partial charge in [-0.25, -0.2) is 4.79 Å². The van der Waals surface area contributed by atoms with Crippen LogP contribution in [0.4, 0.5) is 0 Å². The first-order chi connectivity index (χ1) is 9.36. The molecule has 0 radical (unpaired) electrons. The molecule has 3 atom stereocenters. The lowest BCUT2D eigenvalue weighted by Crippen LogP contribution is -2.49. The Hall–Kier alpha value is -1.52. The number of aryl methyl sites for hydroxylation is 1. The Labute approximate surface area is 112 Å². The molecular formula is C11H16N2O7. The summed E-state index contributed by atoms with van der Waals surface area (Å²) >= 11 is 0. The molecule has 2 heterocycles. The Kier molecular flexibility index (Phi) is 3.80. The molecule has 112 valence electrons. The number of hydrogen-bond donors (Lipinski definition) is 5. The molecule has 0 amide bonds. The molecule has 5 N–H and O–H groups in total. The van der Waals surface area contributed by atoms with E-state index in [1.54, 1.807) is 0 Å². The number of hydrogen-bond acceptors (Lipinski definition) is 7. The van der Waals surface area contributed by atoms with Gasteiger partial charge in [0.2, 0.25) is 0 Å². The van der Waals surface area contributed by atoms with Crippen LogP contribution in [0.1, 0.15) is 11.8 Å². The van der Waals surface area contributed by atoms with Crippen LogP contribution in [-0.4, -0.2) is 61.0 Å². The van der Waals surface area contributed by atoms with Crippen LogP contribution in [0.5, 0.6) is 0 Å². The second kappa shape index (κ2) is 5.11. The number of H-pyrrole nitrogens is 1. The Morgan fingerprint density at radius 1 is 1.35 bits per heavy atom. The largest absolute Gasteiger partial charge is 0.393 e. The van der Waals surface area contributed by atoms with Crippen molar-refractivity contribution in [1.29, 1.82) is 0 Å². The fourth-order valence-corrected chi connectivity index (χ4v) is 2.16. The third-order valence-corrected chi connectivity index (χ3v) is 3.47. The number of aromatic nitrogens is 2. The van der Waals surface area contributed by atoms with Crippen LogP contribution in [0.15, 0.2) is 15.8 Å². The summed E-state index contributed by atoms with van der Waals surface area (Å²) in [4.78, 5) is 25.1. The molecule has 0 aromatic carbocycles. The van der Waals surface area contributed by atoms with Crippen LogP contribution in [0.2, 0.25) is 0 Å². The summed E-state index contributed by atoms with van der Waals surface area (Å²) in [6.45, 7) is -0.0253. The number of rotatable bonds is 3. The van der Waals surface area contributed by atoms with Crippen LogP contribution in [-0.2, 0) is 4.74 Å². The zero-order valence-electron chi connectivity index (χ0n) is 10.7. The van der Waals surface area contributed by atoms with Crippen molar-refractivity contribution in [3.8, 4) is 0 Å². The van der Waals surface area contributed by atoms with E-state index in [4.69, 9.17) is 4.74 Å². The SMILES string of the molecule is Cc1cn([C@H]2OC(CO)(CO)[C@@H](O)[C@@H]2O)c(=O)[nH]c1=O. The van der Waals surface area contributed by atoms with Gasteiger partial charge in [0.05, 0.1) is 13.2 Å². The molecule has 9 heteroatoms. The van der Waals surface area contributed by atoms with Crippen LogP contribution in [0.25, 0.3) is 0 Å². The molecule has 0 saturated carbocycles. The first-order valence-corrected chi connectivity index (χ1v) is 5.94. The second-order valence-corrected chi connectivity index (χ2v) is 4.80. The van der Waals surface area contributed by atoms with Crippen molar-refractivity contribution < 1.29 is 25.2 Å². The van der Waals surface area contributed by atoms with E-state index in [-0.39, 0.29) is 5.56 Å². The van der Waals surface area contributed by atoms with Crippen molar-refractivity contribution in [3.63, 3.8) is 0 Å². The topological polar surface area (TPSA) is 145 Å². The van der Waals surface area contributed by atoms with Crippen molar-refractivity contribution in [3.05, 3.63) is 32.6 Å². The van der Waals surface area contributed by atoms with Gasteiger partial charge in [-0.2, -0.15) is 0 Å². The summed E-state index contributed by atoms with van der Waals surface area (Å²) in [5.74, 6) is 0. The van der Waals surface area contributed by atoms with Crippen molar-refractivity contribution in [2.24, 2.45) is 0 Å². The fraction of sp³-hybridized carbons (Fsp3) is 0.636. The van der Waals surface area contributed by atoms with Gasteiger partial charge in [-0.1, -0.05) is 0 Å². The number of aliphatic hydroxyl groups excluding tert-OH is 4. The highest BCUT2D eigenvalue weighted by molar-refractivity contribution is 5.05. The van der Waals surface area contributed by atoms with E-state index in [1.165, 1.54) is 13.1 Å². The van der Waals surface area contributed by atoms with Crippen LogP contribution in [0, 0.1) is 6.92 Å². The van der Waals surface area contributed by atoms with Crippen molar-refractivity contribution >= 4 is 0 Å². The first kappa shape index (κ1) is 14.9. The van der Waals surface area contributed by atoms with E-state index in [2.05, 4.69) is 0 Å². The first-order valence-electron chi connectivity index (χ1n) is 5.94. The highest BCUT2D eigenvalue weighted by Gasteiger charge is 2.54. The normalized spacial score (nSPS) is 28.8. The lowest BCUT2D eigenvalue weighted by Gasteiger charge is -2.27. The van der Waals surface area contributed by atoms with Gasteiger partial charge in [0.1, 0.15) is 17.8 Å². The van der Waals surface area contributed by atoms with E-state index < -0.39 is 48.5 Å². The van der Waals surface area contributed by atoms with E-state index in [9.17, 15) is 30.0 Å². The Morgan fingerprint density at radius 2 is 1.95 bits per heavy atom. The van der Waals surface area contributed by atoms with Crippen molar-refractivity contribution in [2.45, 2.75) is 31.0 Å². The van der Waals surface area contributed by atoms with Gasteiger partial charge in [0, 0.05) is 11.8 Å². The summed E-state index contributed by atoms with van der Waals surface area (Å²) in [7, 11) is 0. The third-order valence-electron chi connectivity index (χ3n) is 3.47. The van der Waals surface area contributed by atoms with E-state index in [1.807, 2.05) is 4.98 Å². The standard InChI is InChI=1S/C11H16N2O7/c1-5-2-13(10(19)12-8(5)18)9-6(16)7(17)11(3-14,4-15)20-9/h2,6-7,9,14-17H,3-4H2,1H3,(H,12,18,19)/t6-,7-,9-/m0/s1. The predicted molar refractivity (Wildman–Crippen MR) is 65.1 cm³/mol. The third kappa shape index (κ3) is 2.09. The van der Waals surface area contributed by atoms with Crippen LogP contribution in [0.3, 0.4) is 0 Å². The van der Waals surface area contributed by atoms with E-state index in [0.717, 1.165) is 4.57 Å². The molecule has 0 spiro atoms. The zero-order chi connectivity index (χ0) is 15.1. The summed E-state index contributed by atoms with van der Waals surface area (Å²) in [6.07, 6.45) is -3.28. The number of aliphatic hydroxyl groups is 4. The predicted octanol–water partition coefficient (Wildman–Crippen LogP) is -3.18. The maximum absolute atomic E-state index is 11.7. The maximum Gasteiger partial charge on any atom is 0.330 e. The second-order valence-electron chi connectivity index (χ2n) is 4.80. The molecular weight excluding hydrogens is 272 g/mol. The van der Waals surface area contributed by atoms with Crippen LogP contribution >= 0.6 is 0 Å². The number of ether oxygens (including phenoxy) is 1. The van der Waals surface area contributed by atoms with Gasteiger partial charge in [-0.05, 0) is 6.92 Å². The Balaban J connectivity index is 2.47. The molecule has 1 aliphatic rings. The quantitative estimate of drug-likeness (QED) is 0.394. The Bertz CT molecular complexity index is 604. The summed E-state index contributed by atoms with van der Waals surface area (Å²) in [5, 5.41) is 38.3. The fourth-order valence-electron chi connectivity index (χ4n) is 2.16. The molecule has 1 aromatic rings. The molecule has 1 aromatic heterocycles. The summed E-state index contributed by atoms with van der Waals surface area (Å²) < 4.78 is 6.18. The molecule has 2 rings (SSSR count).